The summed E-state index contributed by atoms with van der Waals surface area (Å²) < 4.78 is 7.13. The standard InChI is InChI=1S/C13H10N4O5S/c18-11-4-3-9(17(20)21)8-15(11)5-6-16-12(14-22-13(16)19)10-2-1-7-23-10/h1-4,7-8H,5-6H2. The van der Waals surface area contributed by atoms with Crippen LogP contribution >= 0.6 is 11.3 Å². The number of aryl methyl sites for hydroxylation is 1. The Morgan fingerprint density at radius 2 is 2.09 bits per heavy atom. The van der Waals surface area contributed by atoms with Crippen LogP contribution in [0.1, 0.15) is 0 Å². The SMILES string of the molecule is O=c1ccc([N+](=O)[O-])cn1CCn1c(-c2cccs2)noc1=O. The first-order valence-electron chi connectivity index (χ1n) is 6.51. The van der Waals surface area contributed by atoms with Crippen LogP contribution in [-0.4, -0.2) is 19.2 Å². The van der Waals surface area contributed by atoms with Crippen LogP contribution in [0.15, 0.2) is 50.0 Å². The monoisotopic (exact) mass is 334 g/mol. The van der Waals surface area contributed by atoms with Crippen LogP contribution in [0.2, 0.25) is 0 Å². The molecule has 0 bridgehead atoms. The first-order chi connectivity index (χ1) is 11.1. The van der Waals surface area contributed by atoms with Crippen molar-refractivity contribution < 1.29 is 9.45 Å². The van der Waals surface area contributed by atoms with E-state index in [4.69, 9.17) is 0 Å². The van der Waals surface area contributed by atoms with E-state index < -0.39 is 16.2 Å². The van der Waals surface area contributed by atoms with Gasteiger partial charge in [0.1, 0.15) is 0 Å². The maximum Gasteiger partial charge on any atom is 0.441 e. The molecule has 3 aromatic heterocycles. The number of nitrogens with zero attached hydrogens (tertiary/aromatic N) is 4. The van der Waals surface area contributed by atoms with E-state index in [0.717, 1.165) is 23.2 Å². The molecule has 0 aromatic carbocycles. The molecule has 0 aliphatic carbocycles. The molecule has 3 rings (SSSR count). The van der Waals surface area contributed by atoms with Gasteiger partial charge in [-0.25, -0.2) is 4.79 Å². The summed E-state index contributed by atoms with van der Waals surface area (Å²) in [4.78, 5) is 34.5. The van der Waals surface area contributed by atoms with Gasteiger partial charge in [0.25, 0.3) is 11.2 Å². The third kappa shape index (κ3) is 2.97. The van der Waals surface area contributed by atoms with Gasteiger partial charge in [-0.05, 0) is 11.4 Å². The summed E-state index contributed by atoms with van der Waals surface area (Å²) in [7, 11) is 0. The molecule has 9 nitrogen and oxygen atoms in total. The second-order valence-electron chi connectivity index (χ2n) is 4.58. The zero-order valence-electron chi connectivity index (χ0n) is 11.6. The predicted octanol–water partition coefficient (Wildman–Crippen LogP) is 1.33. The van der Waals surface area contributed by atoms with Crippen LogP contribution in [0, 0.1) is 10.1 Å². The molecule has 0 aliphatic heterocycles. The van der Waals surface area contributed by atoms with Crippen molar-refractivity contribution in [3.63, 3.8) is 0 Å². The van der Waals surface area contributed by atoms with Crippen LogP contribution in [-0.2, 0) is 13.1 Å². The molecular formula is C13H10N4O5S. The molecule has 0 atom stereocenters. The average molecular weight is 334 g/mol. The molecule has 23 heavy (non-hydrogen) atoms. The lowest BCUT2D eigenvalue weighted by Crippen LogP contribution is -2.24. The average Bonchev–Trinajstić information content (AvgIpc) is 3.16. The summed E-state index contributed by atoms with van der Waals surface area (Å²) >= 11 is 1.39. The van der Waals surface area contributed by atoms with Crippen molar-refractivity contribution in [2.75, 3.05) is 0 Å². The molecular weight excluding hydrogens is 324 g/mol. The number of thiophene rings is 1. The van der Waals surface area contributed by atoms with Gasteiger partial charge in [-0.15, -0.1) is 11.3 Å². The number of pyridine rings is 1. The summed E-state index contributed by atoms with van der Waals surface area (Å²) in [5.41, 5.74) is -0.585. The van der Waals surface area contributed by atoms with E-state index >= 15 is 0 Å². The van der Waals surface area contributed by atoms with Gasteiger partial charge in [0, 0.05) is 25.2 Å². The molecule has 3 aromatic rings. The summed E-state index contributed by atoms with van der Waals surface area (Å²) in [5, 5.41) is 16.3. The van der Waals surface area contributed by atoms with Gasteiger partial charge in [0.05, 0.1) is 16.0 Å². The quantitative estimate of drug-likeness (QED) is 0.514. The highest BCUT2D eigenvalue weighted by molar-refractivity contribution is 7.13. The van der Waals surface area contributed by atoms with Crippen LogP contribution in [0.25, 0.3) is 10.7 Å². The number of nitro groups is 1. The summed E-state index contributed by atoms with van der Waals surface area (Å²) in [6, 6.07) is 5.86. The Hall–Kier alpha value is -3.01. The van der Waals surface area contributed by atoms with Crippen molar-refractivity contribution in [3.8, 4) is 10.7 Å². The Kier molecular flexibility index (Phi) is 3.89. The highest BCUT2D eigenvalue weighted by atomic mass is 32.1. The molecule has 0 N–H and O–H groups in total. The molecule has 0 unspecified atom stereocenters. The van der Waals surface area contributed by atoms with Gasteiger partial charge in [-0.2, -0.15) is 0 Å². The third-order valence-corrected chi connectivity index (χ3v) is 4.04. The number of hydrogen-bond donors (Lipinski definition) is 0. The zero-order valence-corrected chi connectivity index (χ0v) is 12.4. The minimum Gasteiger partial charge on any atom is -0.307 e. The summed E-state index contributed by atoms with van der Waals surface area (Å²) in [6.45, 7) is 0.191. The van der Waals surface area contributed by atoms with Gasteiger partial charge < -0.3 is 4.57 Å². The van der Waals surface area contributed by atoms with E-state index in [9.17, 15) is 19.7 Å². The molecule has 0 radical (unpaired) electrons. The summed E-state index contributed by atoms with van der Waals surface area (Å²) in [6.07, 6.45) is 1.14. The maximum absolute atomic E-state index is 11.8. The van der Waals surface area contributed by atoms with Crippen LogP contribution < -0.4 is 11.3 Å². The molecule has 118 valence electrons. The number of aromatic nitrogens is 3. The van der Waals surface area contributed by atoms with Crippen molar-refractivity contribution in [2.45, 2.75) is 13.1 Å². The van der Waals surface area contributed by atoms with E-state index in [1.54, 1.807) is 6.07 Å². The smallest absolute Gasteiger partial charge is 0.307 e. The molecule has 10 heteroatoms. The number of rotatable bonds is 5. The van der Waals surface area contributed by atoms with E-state index in [0.29, 0.717) is 5.82 Å². The lowest BCUT2D eigenvalue weighted by Gasteiger charge is -2.06. The molecule has 0 amide bonds. The normalized spacial score (nSPS) is 10.8. The van der Waals surface area contributed by atoms with E-state index in [1.165, 1.54) is 20.5 Å². The highest BCUT2D eigenvalue weighted by Gasteiger charge is 2.14. The minimum atomic E-state index is -0.646. The fourth-order valence-corrected chi connectivity index (χ4v) is 2.77. The Balaban J connectivity index is 1.89. The van der Waals surface area contributed by atoms with E-state index in [2.05, 4.69) is 9.68 Å². The lowest BCUT2D eigenvalue weighted by molar-refractivity contribution is -0.385. The Morgan fingerprint density at radius 1 is 1.26 bits per heavy atom. The van der Waals surface area contributed by atoms with E-state index in [-0.39, 0.29) is 18.8 Å². The van der Waals surface area contributed by atoms with Gasteiger partial charge in [0.15, 0.2) is 5.82 Å². The van der Waals surface area contributed by atoms with Gasteiger partial charge in [0.2, 0.25) is 0 Å². The maximum atomic E-state index is 11.8. The van der Waals surface area contributed by atoms with Crippen LogP contribution in [0.5, 0.6) is 0 Å². The minimum absolute atomic E-state index is 0.0833. The highest BCUT2D eigenvalue weighted by Crippen LogP contribution is 2.21. The largest absolute Gasteiger partial charge is 0.441 e. The topological polar surface area (TPSA) is 113 Å². The fraction of sp³-hybridized carbons (Fsp3) is 0.154. The van der Waals surface area contributed by atoms with Gasteiger partial charge >= 0.3 is 5.76 Å². The van der Waals surface area contributed by atoms with E-state index in [1.807, 2.05) is 11.4 Å². The summed E-state index contributed by atoms with van der Waals surface area (Å²) in [5.74, 6) is -0.282. The first kappa shape index (κ1) is 14.9. The lowest BCUT2D eigenvalue weighted by atomic mass is 10.4. The third-order valence-electron chi connectivity index (χ3n) is 3.17. The fourth-order valence-electron chi connectivity index (χ4n) is 2.06. The second-order valence-corrected chi connectivity index (χ2v) is 5.52. The van der Waals surface area contributed by atoms with Crippen molar-refractivity contribution in [3.05, 3.63) is 66.9 Å². The molecule has 0 fully saturated rings. The molecule has 3 heterocycles. The first-order valence-corrected chi connectivity index (χ1v) is 7.39. The van der Waals surface area contributed by atoms with Crippen molar-refractivity contribution in [1.29, 1.82) is 0 Å². The molecule has 0 saturated carbocycles. The zero-order chi connectivity index (χ0) is 16.4. The van der Waals surface area contributed by atoms with Crippen molar-refractivity contribution >= 4 is 17.0 Å². The van der Waals surface area contributed by atoms with Crippen LogP contribution in [0.3, 0.4) is 0 Å². The van der Waals surface area contributed by atoms with Gasteiger partial charge in [-0.3, -0.25) is 24.0 Å². The Bertz CT molecular complexity index is 953. The molecule has 0 saturated heterocycles. The predicted molar refractivity (Wildman–Crippen MR) is 81.4 cm³/mol. The van der Waals surface area contributed by atoms with Gasteiger partial charge in [-0.1, -0.05) is 11.2 Å². The van der Waals surface area contributed by atoms with Crippen molar-refractivity contribution in [1.82, 2.24) is 14.3 Å². The van der Waals surface area contributed by atoms with Crippen molar-refractivity contribution in [2.24, 2.45) is 0 Å². The molecule has 0 spiro atoms. The Labute approximate surface area is 132 Å². The number of hydrogen-bond acceptors (Lipinski definition) is 7. The molecule has 0 aliphatic rings. The Morgan fingerprint density at radius 3 is 2.78 bits per heavy atom. The van der Waals surface area contributed by atoms with Crippen LogP contribution in [0.4, 0.5) is 5.69 Å². The second kappa shape index (κ2) is 6.01.